The molecule has 0 fully saturated rings. The van der Waals surface area contributed by atoms with Crippen LogP contribution in [0.3, 0.4) is 0 Å². The lowest BCUT2D eigenvalue weighted by Crippen LogP contribution is -2.01. The van der Waals surface area contributed by atoms with Gasteiger partial charge in [0.15, 0.2) is 5.69 Å². The van der Waals surface area contributed by atoms with Crippen LogP contribution in [0, 0.1) is 11.3 Å². The second-order valence-corrected chi connectivity index (χ2v) is 3.77. The van der Waals surface area contributed by atoms with E-state index in [2.05, 4.69) is 15.3 Å². The quantitative estimate of drug-likeness (QED) is 0.852. The maximum absolute atomic E-state index is 8.81. The van der Waals surface area contributed by atoms with E-state index >= 15 is 0 Å². The van der Waals surface area contributed by atoms with Crippen LogP contribution in [0.25, 0.3) is 0 Å². The summed E-state index contributed by atoms with van der Waals surface area (Å²) in [6.07, 6.45) is 3.36. The van der Waals surface area contributed by atoms with Gasteiger partial charge in [-0.1, -0.05) is 0 Å². The number of rotatable bonds is 3. The Labute approximate surface area is 91.2 Å². The van der Waals surface area contributed by atoms with Gasteiger partial charge in [0.25, 0.3) is 0 Å². The van der Waals surface area contributed by atoms with Crippen LogP contribution in [0.4, 0.5) is 5.69 Å². The molecule has 0 saturated carbocycles. The van der Waals surface area contributed by atoms with Gasteiger partial charge >= 0.3 is 0 Å². The molecule has 15 heavy (non-hydrogen) atoms. The van der Waals surface area contributed by atoms with E-state index in [1.807, 2.05) is 17.5 Å². The van der Waals surface area contributed by atoms with Crippen LogP contribution in [-0.2, 0) is 6.54 Å². The van der Waals surface area contributed by atoms with Gasteiger partial charge in [-0.15, -0.1) is 11.3 Å². The summed E-state index contributed by atoms with van der Waals surface area (Å²) in [6, 6.07) is 5.66. The largest absolute Gasteiger partial charge is 0.376 e. The molecule has 0 radical (unpaired) electrons. The van der Waals surface area contributed by atoms with Crippen LogP contribution in [0.5, 0.6) is 0 Å². The van der Waals surface area contributed by atoms with Crippen molar-refractivity contribution in [3.63, 3.8) is 0 Å². The lowest BCUT2D eigenvalue weighted by molar-refractivity contribution is 1.09. The smallest absolute Gasteiger partial charge is 0.163 e. The molecule has 0 aliphatic heterocycles. The van der Waals surface area contributed by atoms with Gasteiger partial charge < -0.3 is 5.32 Å². The highest BCUT2D eigenvalue weighted by Gasteiger charge is 2.01. The van der Waals surface area contributed by atoms with Gasteiger partial charge in [-0.2, -0.15) is 5.26 Å². The Morgan fingerprint density at radius 1 is 1.40 bits per heavy atom. The maximum Gasteiger partial charge on any atom is 0.163 e. The predicted molar refractivity (Wildman–Crippen MR) is 58.4 cm³/mol. The number of pyridine rings is 1. The number of nitriles is 1. The topological polar surface area (TPSA) is 61.6 Å². The van der Waals surface area contributed by atoms with E-state index in [9.17, 15) is 0 Å². The van der Waals surface area contributed by atoms with Crippen molar-refractivity contribution in [1.82, 2.24) is 9.97 Å². The van der Waals surface area contributed by atoms with E-state index in [-0.39, 0.29) is 0 Å². The molecule has 2 aromatic heterocycles. The minimum atomic E-state index is 0.411. The number of anilines is 1. The van der Waals surface area contributed by atoms with Crippen molar-refractivity contribution < 1.29 is 0 Å². The SMILES string of the molecule is N#Cc1ncccc1NCc1nccs1. The summed E-state index contributed by atoms with van der Waals surface area (Å²) < 4.78 is 0. The van der Waals surface area contributed by atoms with E-state index in [0.29, 0.717) is 12.2 Å². The molecule has 1 N–H and O–H groups in total. The van der Waals surface area contributed by atoms with Crippen LogP contribution in [0.1, 0.15) is 10.7 Å². The molecule has 0 aromatic carbocycles. The fourth-order valence-electron chi connectivity index (χ4n) is 1.15. The van der Waals surface area contributed by atoms with Gasteiger partial charge in [0, 0.05) is 17.8 Å². The minimum absolute atomic E-state index is 0.411. The van der Waals surface area contributed by atoms with Crippen molar-refractivity contribution in [2.24, 2.45) is 0 Å². The first-order chi connectivity index (χ1) is 7.40. The lowest BCUT2D eigenvalue weighted by atomic mass is 10.3. The fourth-order valence-corrected chi connectivity index (χ4v) is 1.70. The van der Waals surface area contributed by atoms with E-state index < -0.39 is 0 Å². The number of nitrogens with zero attached hydrogens (tertiary/aromatic N) is 3. The zero-order valence-electron chi connectivity index (χ0n) is 7.84. The molecule has 2 rings (SSSR count). The van der Waals surface area contributed by atoms with E-state index in [1.165, 1.54) is 0 Å². The highest BCUT2D eigenvalue weighted by atomic mass is 32.1. The van der Waals surface area contributed by atoms with Crippen LogP contribution in [0.15, 0.2) is 29.9 Å². The summed E-state index contributed by atoms with van der Waals surface area (Å²) in [5, 5.41) is 14.9. The number of hydrogen-bond acceptors (Lipinski definition) is 5. The van der Waals surface area contributed by atoms with Crippen molar-refractivity contribution in [3.8, 4) is 6.07 Å². The molecule has 0 unspecified atom stereocenters. The van der Waals surface area contributed by atoms with Gasteiger partial charge in [0.2, 0.25) is 0 Å². The Morgan fingerprint density at radius 3 is 3.07 bits per heavy atom. The minimum Gasteiger partial charge on any atom is -0.376 e. The molecule has 0 spiro atoms. The summed E-state index contributed by atoms with van der Waals surface area (Å²) >= 11 is 1.58. The van der Waals surface area contributed by atoms with Crippen LogP contribution < -0.4 is 5.32 Å². The van der Waals surface area contributed by atoms with Crippen LogP contribution in [-0.4, -0.2) is 9.97 Å². The molecule has 74 valence electrons. The van der Waals surface area contributed by atoms with E-state index in [1.54, 1.807) is 29.8 Å². The third-order valence-corrected chi connectivity index (χ3v) is 2.61. The van der Waals surface area contributed by atoms with Gasteiger partial charge in [-0.25, -0.2) is 9.97 Å². The monoisotopic (exact) mass is 216 g/mol. The summed E-state index contributed by atoms with van der Waals surface area (Å²) in [7, 11) is 0. The Morgan fingerprint density at radius 2 is 2.33 bits per heavy atom. The molecule has 0 aliphatic carbocycles. The summed E-state index contributed by atoms with van der Waals surface area (Å²) in [5.74, 6) is 0. The van der Waals surface area contributed by atoms with Crippen LogP contribution >= 0.6 is 11.3 Å². The highest BCUT2D eigenvalue weighted by Crippen LogP contribution is 2.13. The van der Waals surface area contributed by atoms with Crippen molar-refractivity contribution in [2.75, 3.05) is 5.32 Å². The van der Waals surface area contributed by atoms with Crippen LogP contribution in [0.2, 0.25) is 0 Å². The zero-order valence-corrected chi connectivity index (χ0v) is 8.66. The normalized spacial score (nSPS) is 9.53. The average molecular weight is 216 g/mol. The second-order valence-electron chi connectivity index (χ2n) is 2.79. The molecular weight excluding hydrogens is 208 g/mol. The number of thiazole rings is 1. The van der Waals surface area contributed by atoms with Gasteiger partial charge in [0.1, 0.15) is 11.1 Å². The third kappa shape index (κ3) is 2.30. The fraction of sp³-hybridized carbons (Fsp3) is 0.100. The first kappa shape index (κ1) is 9.62. The first-order valence-electron chi connectivity index (χ1n) is 4.37. The molecule has 0 saturated heterocycles. The number of hydrogen-bond donors (Lipinski definition) is 1. The summed E-state index contributed by atoms with van der Waals surface area (Å²) in [4.78, 5) is 8.10. The molecule has 0 atom stereocenters. The maximum atomic E-state index is 8.81. The number of aromatic nitrogens is 2. The van der Waals surface area contributed by atoms with Crippen molar-refractivity contribution in [2.45, 2.75) is 6.54 Å². The van der Waals surface area contributed by atoms with Crippen molar-refractivity contribution >= 4 is 17.0 Å². The third-order valence-electron chi connectivity index (χ3n) is 1.83. The first-order valence-corrected chi connectivity index (χ1v) is 5.25. The average Bonchev–Trinajstić information content (AvgIpc) is 2.79. The summed E-state index contributed by atoms with van der Waals surface area (Å²) in [5.41, 5.74) is 1.16. The molecule has 2 heterocycles. The second kappa shape index (κ2) is 4.53. The zero-order chi connectivity index (χ0) is 10.5. The Hall–Kier alpha value is -1.93. The van der Waals surface area contributed by atoms with Crippen molar-refractivity contribution in [3.05, 3.63) is 40.6 Å². The van der Waals surface area contributed by atoms with Crippen molar-refractivity contribution in [1.29, 1.82) is 5.26 Å². The Balaban J connectivity index is 2.08. The molecule has 0 amide bonds. The lowest BCUT2D eigenvalue weighted by Gasteiger charge is -2.04. The van der Waals surface area contributed by atoms with Gasteiger partial charge in [0.05, 0.1) is 12.2 Å². The van der Waals surface area contributed by atoms with E-state index in [4.69, 9.17) is 5.26 Å². The Kier molecular flexibility index (Phi) is 2.90. The predicted octanol–water partition coefficient (Wildman–Crippen LogP) is 2.02. The Bertz CT molecular complexity index is 472. The van der Waals surface area contributed by atoms with Gasteiger partial charge in [-0.05, 0) is 12.1 Å². The molecule has 0 aliphatic rings. The molecule has 0 bridgehead atoms. The summed E-state index contributed by atoms with van der Waals surface area (Å²) in [6.45, 7) is 0.623. The molecule has 5 heteroatoms. The molecule has 4 nitrogen and oxygen atoms in total. The highest BCUT2D eigenvalue weighted by molar-refractivity contribution is 7.09. The van der Waals surface area contributed by atoms with E-state index in [0.717, 1.165) is 10.7 Å². The standard InChI is InChI=1S/C10H8N4S/c11-6-9-8(2-1-3-12-9)14-7-10-13-4-5-15-10/h1-5,14H,7H2. The molecule has 2 aromatic rings. The van der Waals surface area contributed by atoms with Gasteiger partial charge in [-0.3, -0.25) is 0 Å². The number of nitrogens with one attached hydrogen (secondary N) is 1. The molecular formula is C10H8N4S.